The van der Waals surface area contributed by atoms with Gasteiger partial charge in [0.15, 0.2) is 9.84 Å². The van der Waals surface area contributed by atoms with Gasteiger partial charge < -0.3 is 4.42 Å². The monoisotopic (exact) mass is 469 g/mol. The Morgan fingerprint density at radius 3 is 2.59 bits per heavy atom. The van der Waals surface area contributed by atoms with Crippen LogP contribution in [0.1, 0.15) is 17.0 Å². The largest absolute Gasteiger partial charge is 0.421 e. The van der Waals surface area contributed by atoms with E-state index in [0.29, 0.717) is 30.2 Å². The lowest BCUT2D eigenvalue weighted by Crippen LogP contribution is -1.98. The van der Waals surface area contributed by atoms with Crippen molar-refractivity contribution in [2.45, 2.75) is 17.7 Å². The van der Waals surface area contributed by atoms with E-state index in [1.165, 1.54) is 6.26 Å². The summed E-state index contributed by atoms with van der Waals surface area (Å²) in [6.07, 6.45) is 4.13. The second kappa shape index (κ2) is 8.57. The lowest BCUT2D eigenvalue weighted by Gasteiger charge is -2.06. The fraction of sp³-hybridized carbons (Fsp3) is 0.120. The van der Waals surface area contributed by atoms with Gasteiger partial charge in [-0.25, -0.2) is 13.4 Å². The topological polar surface area (TPSA) is 115 Å². The minimum absolute atomic E-state index is 0.263. The van der Waals surface area contributed by atoms with Gasteiger partial charge in [0.25, 0.3) is 0 Å². The van der Waals surface area contributed by atoms with Crippen molar-refractivity contribution in [1.29, 1.82) is 5.26 Å². The standard InChI is InChI=1S/C25H19N5O3S/c1-34(31,32)21-9-7-20(8-10-21)30-16-27-22-11-6-19(14-23(22)30)25-29-28-24(33-25)12-5-17-3-2-4-18(13-17)15-26/h2-4,6-11,13-14,16H,5,12H2,1H3. The van der Waals surface area contributed by atoms with Crippen LogP contribution in [-0.4, -0.2) is 34.4 Å². The second-order valence-electron chi connectivity index (χ2n) is 7.90. The minimum atomic E-state index is -3.26. The lowest BCUT2D eigenvalue weighted by molar-refractivity contribution is 0.504. The summed E-state index contributed by atoms with van der Waals surface area (Å²) in [4.78, 5) is 4.70. The number of nitrogens with zero attached hydrogens (tertiary/aromatic N) is 5. The first-order chi connectivity index (χ1) is 16.4. The first-order valence-corrected chi connectivity index (χ1v) is 12.4. The highest BCUT2D eigenvalue weighted by atomic mass is 32.2. The molecule has 0 spiro atoms. The maximum Gasteiger partial charge on any atom is 0.247 e. The van der Waals surface area contributed by atoms with Crippen LogP contribution in [0.3, 0.4) is 0 Å². The quantitative estimate of drug-likeness (QED) is 0.367. The Labute approximate surface area is 196 Å². The van der Waals surface area contributed by atoms with Gasteiger partial charge in [0.05, 0.1) is 27.6 Å². The zero-order valence-corrected chi connectivity index (χ0v) is 19.0. The summed E-state index contributed by atoms with van der Waals surface area (Å²) in [7, 11) is -3.26. The van der Waals surface area contributed by atoms with Crippen molar-refractivity contribution in [3.05, 3.63) is 90.1 Å². The molecular weight excluding hydrogens is 450 g/mol. The lowest BCUT2D eigenvalue weighted by atomic mass is 10.1. The van der Waals surface area contributed by atoms with E-state index in [1.807, 2.05) is 41.0 Å². The van der Waals surface area contributed by atoms with E-state index in [2.05, 4.69) is 21.3 Å². The SMILES string of the molecule is CS(=O)(=O)c1ccc(-n2cnc3ccc(-c4nnc(CCc5cccc(C#N)c5)o4)cc32)cc1. The van der Waals surface area contributed by atoms with E-state index in [0.717, 1.165) is 27.8 Å². The molecule has 0 N–H and O–H groups in total. The molecule has 5 rings (SSSR count). The molecule has 0 atom stereocenters. The molecule has 8 nitrogen and oxygen atoms in total. The van der Waals surface area contributed by atoms with E-state index in [4.69, 9.17) is 9.68 Å². The minimum Gasteiger partial charge on any atom is -0.421 e. The molecule has 0 aliphatic heterocycles. The van der Waals surface area contributed by atoms with Crippen molar-refractivity contribution < 1.29 is 12.8 Å². The van der Waals surface area contributed by atoms with Crippen LogP contribution in [0.2, 0.25) is 0 Å². The molecule has 9 heteroatoms. The van der Waals surface area contributed by atoms with Gasteiger partial charge in [0, 0.05) is 23.9 Å². The van der Waals surface area contributed by atoms with E-state index < -0.39 is 9.84 Å². The number of benzene rings is 3. The van der Waals surface area contributed by atoms with Crippen molar-refractivity contribution in [1.82, 2.24) is 19.7 Å². The van der Waals surface area contributed by atoms with Gasteiger partial charge in [0.1, 0.15) is 6.33 Å². The predicted octanol–water partition coefficient (Wildman–Crippen LogP) is 4.14. The highest BCUT2D eigenvalue weighted by Gasteiger charge is 2.13. The Balaban J connectivity index is 1.40. The number of aromatic nitrogens is 4. The second-order valence-corrected chi connectivity index (χ2v) is 9.91. The van der Waals surface area contributed by atoms with Gasteiger partial charge in [-0.15, -0.1) is 10.2 Å². The molecule has 0 radical (unpaired) electrons. The number of nitriles is 1. The van der Waals surface area contributed by atoms with Crippen LogP contribution < -0.4 is 0 Å². The first-order valence-electron chi connectivity index (χ1n) is 10.5. The molecular formula is C25H19N5O3S. The number of imidazole rings is 1. The number of aryl methyl sites for hydroxylation is 2. The zero-order valence-electron chi connectivity index (χ0n) is 18.2. The summed E-state index contributed by atoms with van der Waals surface area (Å²) in [5, 5.41) is 17.4. The van der Waals surface area contributed by atoms with E-state index >= 15 is 0 Å². The average molecular weight is 470 g/mol. The van der Waals surface area contributed by atoms with Crippen LogP contribution in [-0.2, 0) is 22.7 Å². The Morgan fingerprint density at radius 1 is 1.00 bits per heavy atom. The summed E-state index contributed by atoms with van der Waals surface area (Å²) >= 11 is 0. The fourth-order valence-corrected chi connectivity index (χ4v) is 4.35. The van der Waals surface area contributed by atoms with Crippen LogP contribution in [0, 0.1) is 11.3 Å². The van der Waals surface area contributed by atoms with Gasteiger partial charge in [-0.1, -0.05) is 12.1 Å². The van der Waals surface area contributed by atoms with Crippen molar-refractivity contribution >= 4 is 20.9 Å². The number of fused-ring (bicyclic) bond motifs is 1. The van der Waals surface area contributed by atoms with E-state index in [9.17, 15) is 8.42 Å². The third kappa shape index (κ3) is 4.31. The maximum absolute atomic E-state index is 11.7. The van der Waals surface area contributed by atoms with Crippen molar-refractivity contribution in [2.75, 3.05) is 6.26 Å². The molecule has 0 saturated carbocycles. The Hall–Kier alpha value is -4.29. The summed E-state index contributed by atoms with van der Waals surface area (Å²) in [5.74, 6) is 0.921. The van der Waals surface area contributed by atoms with Gasteiger partial charge >= 0.3 is 0 Å². The Morgan fingerprint density at radius 2 is 1.82 bits per heavy atom. The molecule has 0 fully saturated rings. The van der Waals surface area contributed by atoms with Gasteiger partial charge in [-0.3, -0.25) is 4.57 Å². The number of hydrogen-bond donors (Lipinski definition) is 0. The maximum atomic E-state index is 11.7. The first kappa shape index (κ1) is 21.6. The summed E-state index contributed by atoms with van der Waals surface area (Å²) in [6.45, 7) is 0. The third-order valence-corrected chi connectivity index (χ3v) is 6.62. The molecule has 0 saturated heterocycles. The molecule has 3 aromatic carbocycles. The van der Waals surface area contributed by atoms with Crippen molar-refractivity contribution in [3.63, 3.8) is 0 Å². The molecule has 168 valence electrons. The molecule has 0 aliphatic rings. The van der Waals surface area contributed by atoms with Gasteiger partial charge in [0.2, 0.25) is 11.8 Å². The van der Waals surface area contributed by atoms with Crippen LogP contribution in [0.15, 0.2) is 82.4 Å². The number of sulfone groups is 1. The van der Waals surface area contributed by atoms with Gasteiger partial charge in [-0.2, -0.15) is 5.26 Å². The Bertz CT molecular complexity index is 1640. The molecule has 34 heavy (non-hydrogen) atoms. The summed E-state index contributed by atoms with van der Waals surface area (Å²) in [6, 6.07) is 21.9. The molecule has 0 amide bonds. The molecule has 2 heterocycles. The fourth-order valence-electron chi connectivity index (χ4n) is 3.72. The summed E-state index contributed by atoms with van der Waals surface area (Å²) < 4.78 is 31.3. The van der Waals surface area contributed by atoms with Gasteiger partial charge in [-0.05, 0) is 66.6 Å². The molecule has 5 aromatic rings. The molecule has 0 aliphatic carbocycles. The average Bonchev–Trinajstić information content (AvgIpc) is 3.49. The summed E-state index contributed by atoms with van der Waals surface area (Å²) in [5.41, 5.74) is 4.82. The smallest absolute Gasteiger partial charge is 0.247 e. The van der Waals surface area contributed by atoms with Crippen LogP contribution >= 0.6 is 0 Å². The van der Waals surface area contributed by atoms with Crippen molar-refractivity contribution in [2.24, 2.45) is 0 Å². The molecule has 0 bridgehead atoms. The van der Waals surface area contributed by atoms with Crippen LogP contribution in [0.4, 0.5) is 0 Å². The number of hydrogen-bond acceptors (Lipinski definition) is 7. The molecule has 0 unspecified atom stereocenters. The number of rotatable bonds is 6. The highest BCUT2D eigenvalue weighted by molar-refractivity contribution is 7.90. The van der Waals surface area contributed by atoms with Crippen LogP contribution in [0.25, 0.3) is 28.2 Å². The highest BCUT2D eigenvalue weighted by Crippen LogP contribution is 2.26. The van der Waals surface area contributed by atoms with Crippen LogP contribution in [0.5, 0.6) is 0 Å². The zero-order chi connectivity index (χ0) is 23.7. The van der Waals surface area contributed by atoms with E-state index in [1.54, 1.807) is 36.7 Å². The molecule has 2 aromatic heterocycles. The van der Waals surface area contributed by atoms with E-state index in [-0.39, 0.29) is 4.90 Å². The Kier molecular flexibility index (Phi) is 5.43. The normalized spacial score (nSPS) is 11.5. The third-order valence-electron chi connectivity index (χ3n) is 5.49. The predicted molar refractivity (Wildman–Crippen MR) is 126 cm³/mol. The van der Waals surface area contributed by atoms with Crippen molar-refractivity contribution in [3.8, 4) is 23.2 Å².